The average Bonchev–Trinajstić information content (AvgIpc) is 2.47. The number of carbonyl (C=O) groups is 2. The molecule has 0 unspecified atom stereocenters. The summed E-state index contributed by atoms with van der Waals surface area (Å²) >= 11 is 0. The molecule has 1 amide bonds. The van der Waals surface area contributed by atoms with Crippen molar-refractivity contribution in [2.24, 2.45) is 0 Å². The maximum Gasteiger partial charge on any atom is 0.354 e. The molecule has 0 radical (unpaired) electrons. The number of benzene rings is 1. The van der Waals surface area contributed by atoms with E-state index in [4.69, 9.17) is 5.11 Å². The SMILES string of the molecule is O=C(CCc1ccc(F)cc1)Nc1ccnc(C(=O)O)c1. The van der Waals surface area contributed by atoms with E-state index < -0.39 is 5.97 Å². The van der Waals surface area contributed by atoms with Crippen LogP contribution in [0.25, 0.3) is 0 Å². The van der Waals surface area contributed by atoms with Crippen molar-refractivity contribution in [2.45, 2.75) is 12.8 Å². The molecule has 2 aromatic rings. The number of carboxylic acids is 1. The highest BCUT2D eigenvalue weighted by atomic mass is 19.1. The molecule has 0 fully saturated rings. The number of rotatable bonds is 5. The number of aryl methyl sites for hydroxylation is 1. The molecule has 0 aliphatic heterocycles. The van der Waals surface area contributed by atoms with Crippen LogP contribution < -0.4 is 5.32 Å². The normalized spacial score (nSPS) is 10.1. The molecule has 1 heterocycles. The minimum absolute atomic E-state index is 0.133. The van der Waals surface area contributed by atoms with Gasteiger partial charge in [-0.1, -0.05) is 12.1 Å². The average molecular weight is 288 g/mol. The van der Waals surface area contributed by atoms with Gasteiger partial charge in [0.05, 0.1) is 0 Å². The Balaban J connectivity index is 1.91. The van der Waals surface area contributed by atoms with E-state index in [2.05, 4.69) is 10.3 Å². The van der Waals surface area contributed by atoms with E-state index in [0.717, 1.165) is 5.56 Å². The van der Waals surface area contributed by atoms with Gasteiger partial charge < -0.3 is 10.4 Å². The first-order chi connectivity index (χ1) is 10.0. The van der Waals surface area contributed by atoms with Crippen molar-refractivity contribution in [1.29, 1.82) is 0 Å². The number of aromatic nitrogens is 1. The molecular formula is C15H13FN2O3. The predicted molar refractivity (Wildman–Crippen MR) is 74.5 cm³/mol. The van der Waals surface area contributed by atoms with Crippen LogP contribution in [0.3, 0.4) is 0 Å². The summed E-state index contributed by atoms with van der Waals surface area (Å²) in [5.74, 6) is -1.72. The summed E-state index contributed by atoms with van der Waals surface area (Å²) in [4.78, 5) is 26.2. The van der Waals surface area contributed by atoms with E-state index in [0.29, 0.717) is 12.1 Å². The Labute approximate surface area is 120 Å². The molecule has 0 spiro atoms. The van der Waals surface area contributed by atoms with E-state index in [1.807, 2.05) is 0 Å². The number of nitrogens with one attached hydrogen (secondary N) is 1. The summed E-state index contributed by atoms with van der Waals surface area (Å²) in [6.07, 6.45) is 2.01. The van der Waals surface area contributed by atoms with Crippen molar-refractivity contribution < 1.29 is 19.1 Å². The number of anilines is 1. The maximum absolute atomic E-state index is 12.7. The minimum Gasteiger partial charge on any atom is -0.477 e. The predicted octanol–water partition coefficient (Wildman–Crippen LogP) is 2.49. The number of nitrogens with zero attached hydrogens (tertiary/aromatic N) is 1. The van der Waals surface area contributed by atoms with Crippen LogP contribution in [-0.4, -0.2) is 22.0 Å². The number of pyridine rings is 1. The highest BCUT2D eigenvalue weighted by Gasteiger charge is 2.07. The number of carbonyl (C=O) groups excluding carboxylic acids is 1. The van der Waals surface area contributed by atoms with Crippen molar-refractivity contribution in [1.82, 2.24) is 4.98 Å². The molecule has 6 heteroatoms. The van der Waals surface area contributed by atoms with Gasteiger partial charge in [-0.2, -0.15) is 0 Å². The van der Waals surface area contributed by atoms with Crippen molar-refractivity contribution in [3.8, 4) is 0 Å². The second kappa shape index (κ2) is 6.60. The lowest BCUT2D eigenvalue weighted by molar-refractivity contribution is -0.116. The van der Waals surface area contributed by atoms with E-state index >= 15 is 0 Å². The zero-order valence-corrected chi connectivity index (χ0v) is 11.0. The van der Waals surface area contributed by atoms with Crippen LogP contribution in [0, 0.1) is 5.82 Å². The van der Waals surface area contributed by atoms with Gasteiger partial charge in [0, 0.05) is 18.3 Å². The second-order valence-corrected chi connectivity index (χ2v) is 4.41. The van der Waals surface area contributed by atoms with Crippen molar-refractivity contribution >= 4 is 17.6 Å². The maximum atomic E-state index is 12.7. The van der Waals surface area contributed by atoms with Gasteiger partial charge in [0.1, 0.15) is 11.5 Å². The number of hydrogen-bond donors (Lipinski definition) is 2. The second-order valence-electron chi connectivity index (χ2n) is 4.41. The van der Waals surface area contributed by atoms with E-state index in [-0.39, 0.29) is 23.8 Å². The van der Waals surface area contributed by atoms with Crippen molar-refractivity contribution in [2.75, 3.05) is 5.32 Å². The number of halogens is 1. The lowest BCUT2D eigenvalue weighted by Crippen LogP contribution is -2.13. The summed E-state index contributed by atoms with van der Waals surface area (Å²) in [5, 5.41) is 11.4. The summed E-state index contributed by atoms with van der Waals surface area (Å²) < 4.78 is 12.7. The monoisotopic (exact) mass is 288 g/mol. The molecule has 5 nitrogen and oxygen atoms in total. The third kappa shape index (κ3) is 4.38. The fraction of sp³-hybridized carbons (Fsp3) is 0.133. The van der Waals surface area contributed by atoms with Gasteiger partial charge in [-0.3, -0.25) is 4.79 Å². The van der Waals surface area contributed by atoms with Gasteiger partial charge in [-0.25, -0.2) is 14.2 Å². The molecule has 21 heavy (non-hydrogen) atoms. The standard InChI is InChI=1S/C15H13FN2O3/c16-11-4-1-10(2-5-11)3-6-14(19)18-12-7-8-17-13(9-12)15(20)21/h1-2,4-5,7-9H,3,6H2,(H,20,21)(H,17,18,19). The molecule has 1 aromatic heterocycles. The number of carboxylic acid groups (broad SMARTS) is 1. The Hall–Kier alpha value is -2.76. The van der Waals surface area contributed by atoms with Gasteiger partial charge in [0.15, 0.2) is 0 Å². The Morgan fingerprint density at radius 3 is 2.57 bits per heavy atom. The molecule has 0 aliphatic rings. The molecule has 0 saturated heterocycles. The Morgan fingerprint density at radius 2 is 1.90 bits per heavy atom. The topological polar surface area (TPSA) is 79.3 Å². The first-order valence-electron chi connectivity index (χ1n) is 6.28. The molecule has 0 saturated carbocycles. The van der Waals surface area contributed by atoms with E-state index in [9.17, 15) is 14.0 Å². The third-order valence-electron chi connectivity index (χ3n) is 2.82. The quantitative estimate of drug-likeness (QED) is 0.886. The summed E-state index contributed by atoms with van der Waals surface area (Å²) in [7, 11) is 0. The molecule has 1 aromatic carbocycles. The van der Waals surface area contributed by atoms with Crippen molar-refractivity contribution in [3.05, 3.63) is 59.7 Å². The minimum atomic E-state index is -1.16. The summed E-state index contributed by atoms with van der Waals surface area (Å²) in [6.45, 7) is 0. The number of aromatic carboxylic acids is 1. The van der Waals surface area contributed by atoms with Crippen LogP contribution in [0.2, 0.25) is 0 Å². The van der Waals surface area contributed by atoms with Gasteiger partial charge in [0.2, 0.25) is 5.91 Å². The zero-order chi connectivity index (χ0) is 15.2. The fourth-order valence-electron chi connectivity index (χ4n) is 1.76. The largest absolute Gasteiger partial charge is 0.477 e. The molecule has 108 valence electrons. The van der Waals surface area contributed by atoms with Gasteiger partial charge in [-0.05, 0) is 36.2 Å². The Bertz CT molecular complexity index is 656. The van der Waals surface area contributed by atoms with E-state index in [1.54, 1.807) is 12.1 Å². The first-order valence-corrected chi connectivity index (χ1v) is 6.28. The smallest absolute Gasteiger partial charge is 0.354 e. The van der Waals surface area contributed by atoms with Gasteiger partial charge >= 0.3 is 5.97 Å². The lowest BCUT2D eigenvalue weighted by Gasteiger charge is -2.06. The fourth-order valence-corrected chi connectivity index (χ4v) is 1.76. The number of amides is 1. The molecule has 0 atom stereocenters. The van der Waals surface area contributed by atoms with Crippen LogP contribution in [0.5, 0.6) is 0 Å². The number of hydrogen-bond acceptors (Lipinski definition) is 3. The summed E-state index contributed by atoms with van der Waals surface area (Å²) in [6, 6.07) is 8.74. The highest BCUT2D eigenvalue weighted by Crippen LogP contribution is 2.10. The molecule has 0 aliphatic carbocycles. The summed E-state index contributed by atoms with van der Waals surface area (Å²) in [5.41, 5.74) is 1.10. The van der Waals surface area contributed by atoms with Crippen molar-refractivity contribution in [3.63, 3.8) is 0 Å². The first kappa shape index (κ1) is 14.6. The van der Waals surface area contributed by atoms with Crippen LogP contribution in [0.15, 0.2) is 42.6 Å². The van der Waals surface area contributed by atoms with E-state index in [1.165, 1.54) is 30.5 Å². The van der Waals surface area contributed by atoms with Gasteiger partial charge in [0.25, 0.3) is 0 Å². The Morgan fingerprint density at radius 1 is 1.19 bits per heavy atom. The highest BCUT2D eigenvalue weighted by molar-refractivity contribution is 5.92. The van der Waals surface area contributed by atoms with Crippen LogP contribution >= 0.6 is 0 Å². The van der Waals surface area contributed by atoms with Crippen LogP contribution in [0.4, 0.5) is 10.1 Å². The molecule has 2 rings (SSSR count). The molecular weight excluding hydrogens is 275 g/mol. The van der Waals surface area contributed by atoms with Crippen LogP contribution in [-0.2, 0) is 11.2 Å². The lowest BCUT2D eigenvalue weighted by atomic mass is 10.1. The molecule has 0 bridgehead atoms. The molecule has 2 N–H and O–H groups in total. The third-order valence-corrected chi connectivity index (χ3v) is 2.82. The Kier molecular flexibility index (Phi) is 4.61. The van der Waals surface area contributed by atoms with Crippen LogP contribution in [0.1, 0.15) is 22.5 Å². The van der Waals surface area contributed by atoms with Gasteiger partial charge in [-0.15, -0.1) is 0 Å². The zero-order valence-electron chi connectivity index (χ0n) is 11.0.